The first-order valence-corrected chi connectivity index (χ1v) is 5.94. The van der Waals surface area contributed by atoms with Crippen LogP contribution < -0.4 is 15.4 Å². The quantitative estimate of drug-likeness (QED) is 0.861. The van der Waals surface area contributed by atoms with Crippen molar-refractivity contribution >= 4 is 11.7 Å². The minimum atomic E-state index is -0.277. The van der Waals surface area contributed by atoms with Crippen molar-refractivity contribution in [2.45, 2.75) is 6.17 Å². The molecule has 0 bridgehead atoms. The van der Waals surface area contributed by atoms with Gasteiger partial charge >= 0.3 is 0 Å². The van der Waals surface area contributed by atoms with Gasteiger partial charge in [-0.15, -0.1) is 0 Å². The number of methoxy groups -OCH3 is 1. The number of rotatable bonds is 2. The smallest absolute Gasteiger partial charge is 0.256 e. The summed E-state index contributed by atoms with van der Waals surface area (Å²) in [6.45, 7) is 0. The molecule has 5 nitrogen and oxygen atoms in total. The Kier molecular flexibility index (Phi) is 2.79. The molecule has 19 heavy (non-hydrogen) atoms. The highest BCUT2D eigenvalue weighted by atomic mass is 16.5. The molecule has 1 aliphatic heterocycles. The van der Waals surface area contributed by atoms with Gasteiger partial charge in [-0.2, -0.15) is 0 Å². The van der Waals surface area contributed by atoms with Gasteiger partial charge in [0.1, 0.15) is 17.7 Å². The Morgan fingerprint density at radius 1 is 1.16 bits per heavy atom. The summed E-state index contributed by atoms with van der Waals surface area (Å²) in [7, 11) is 1.62. The molecular weight excluding hydrogens is 242 g/mol. The fraction of sp³-hybridized carbons (Fsp3) is 0.143. The van der Waals surface area contributed by atoms with E-state index in [4.69, 9.17) is 4.74 Å². The van der Waals surface area contributed by atoms with Gasteiger partial charge in [-0.25, -0.2) is 4.98 Å². The van der Waals surface area contributed by atoms with Crippen molar-refractivity contribution in [2.24, 2.45) is 0 Å². The molecule has 1 aromatic carbocycles. The van der Waals surface area contributed by atoms with Crippen molar-refractivity contribution < 1.29 is 9.53 Å². The standard InChI is InChI=1S/C14H13N3O2/c1-19-10-6-4-9(5-7-10)12-16-13-11(14(18)17-12)3-2-8-15-13/h2-8,12H,1H3,(H,15,16)(H,17,18)/t12-/m0/s1. The molecule has 3 rings (SSSR count). The van der Waals surface area contributed by atoms with E-state index < -0.39 is 0 Å². The zero-order valence-corrected chi connectivity index (χ0v) is 10.4. The van der Waals surface area contributed by atoms with E-state index in [0.717, 1.165) is 11.3 Å². The van der Waals surface area contributed by atoms with Crippen LogP contribution in [0, 0.1) is 0 Å². The monoisotopic (exact) mass is 255 g/mol. The van der Waals surface area contributed by atoms with Crippen LogP contribution in [-0.4, -0.2) is 18.0 Å². The SMILES string of the molecule is COc1ccc([C@@H]2NC(=O)c3cccnc3N2)cc1. The summed E-state index contributed by atoms with van der Waals surface area (Å²) in [5.41, 5.74) is 1.51. The Balaban J connectivity index is 1.90. The first-order chi connectivity index (χ1) is 9.28. The largest absolute Gasteiger partial charge is 0.497 e. The molecule has 0 fully saturated rings. The van der Waals surface area contributed by atoms with Crippen LogP contribution >= 0.6 is 0 Å². The van der Waals surface area contributed by atoms with Gasteiger partial charge in [-0.3, -0.25) is 4.79 Å². The fourth-order valence-corrected chi connectivity index (χ4v) is 2.05. The van der Waals surface area contributed by atoms with Crippen LogP contribution in [0.1, 0.15) is 22.1 Å². The minimum Gasteiger partial charge on any atom is -0.497 e. The predicted molar refractivity (Wildman–Crippen MR) is 71.1 cm³/mol. The summed E-state index contributed by atoms with van der Waals surface area (Å²) in [6.07, 6.45) is 1.39. The van der Waals surface area contributed by atoms with Crippen molar-refractivity contribution in [3.63, 3.8) is 0 Å². The molecule has 1 amide bonds. The van der Waals surface area contributed by atoms with E-state index in [-0.39, 0.29) is 12.1 Å². The van der Waals surface area contributed by atoms with Crippen molar-refractivity contribution in [1.29, 1.82) is 0 Å². The molecule has 0 saturated carbocycles. The molecule has 0 unspecified atom stereocenters. The maximum absolute atomic E-state index is 12.0. The number of nitrogens with zero attached hydrogens (tertiary/aromatic N) is 1. The third-order valence-corrected chi connectivity index (χ3v) is 3.06. The summed E-state index contributed by atoms with van der Waals surface area (Å²) >= 11 is 0. The molecule has 0 aliphatic carbocycles. The Morgan fingerprint density at radius 3 is 2.68 bits per heavy atom. The van der Waals surface area contributed by atoms with E-state index in [9.17, 15) is 4.79 Å². The Hall–Kier alpha value is -2.56. The van der Waals surface area contributed by atoms with Crippen LogP contribution in [0.25, 0.3) is 0 Å². The lowest BCUT2D eigenvalue weighted by atomic mass is 10.1. The molecule has 0 spiro atoms. The number of nitrogens with one attached hydrogen (secondary N) is 2. The summed E-state index contributed by atoms with van der Waals surface area (Å²) in [6, 6.07) is 11.0. The first kappa shape index (κ1) is 11.5. The summed E-state index contributed by atoms with van der Waals surface area (Å²) in [5, 5.41) is 6.09. The van der Waals surface area contributed by atoms with Gasteiger partial charge < -0.3 is 15.4 Å². The number of amides is 1. The Bertz CT molecular complexity index is 610. The molecule has 0 saturated heterocycles. The molecule has 2 heterocycles. The molecule has 96 valence electrons. The Labute approximate surface area is 110 Å². The number of pyridine rings is 1. The highest BCUT2D eigenvalue weighted by Crippen LogP contribution is 2.25. The number of carbonyl (C=O) groups is 1. The van der Waals surface area contributed by atoms with Crippen molar-refractivity contribution in [1.82, 2.24) is 10.3 Å². The molecule has 1 aromatic heterocycles. The van der Waals surface area contributed by atoms with Crippen LogP contribution in [0.2, 0.25) is 0 Å². The fourth-order valence-electron chi connectivity index (χ4n) is 2.05. The molecule has 2 aromatic rings. The van der Waals surface area contributed by atoms with Gasteiger partial charge in [0.15, 0.2) is 0 Å². The van der Waals surface area contributed by atoms with E-state index in [1.165, 1.54) is 0 Å². The number of anilines is 1. The highest BCUT2D eigenvalue weighted by molar-refractivity contribution is 6.00. The number of benzene rings is 1. The van der Waals surface area contributed by atoms with Crippen LogP contribution in [0.15, 0.2) is 42.6 Å². The van der Waals surface area contributed by atoms with Crippen LogP contribution in [0.4, 0.5) is 5.82 Å². The van der Waals surface area contributed by atoms with Crippen LogP contribution in [0.3, 0.4) is 0 Å². The van der Waals surface area contributed by atoms with E-state index in [1.54, 1.807) is 25.4 Å². The second kappa shape index (κ2) is 4.61. The first-order valence-electron chi connectivity index (χ1n) is 5.94. The van der Waals surface area contributed by atoms with Gasteiger partial charge in [-0.05, 0) is 29.8 Å². The number of carbonyl (C=O) groups excluding carboxylic acids is 1. The van der Waals surface area contributed by atoms with Gasteiger partial charge in [0.05, 0.1) is 12.7 Å². The summed E-state index contributed by atoms with van der Waals surface area (Å²) in [4.78, 5) is 16.2. The minimum absolute atomic E-state index is 0.123. The average Bonchev–Trinajstić information content (AvgIpc) is 2.47. The van der Waals surface area contributed by atoms with E-state index in [2.05, 4.69) is 15.6 Å². The number of aromatic nitrogens is 1. The zero-order valence-electron chi connectivity index (χ0n) is 10.4. The maximum atomic E-state index is 12.0. The lowest BCUT2D eigenvalue weighted by Gasteiger charge is -2.27. The number of ether oxygens (including phenoxy) is 1. The van der Waals surface area contributed by atoms with E-state index in [1.807, 2.05) is 24.3 Å². The predicted octanol–water partition coefficient (Wildman–Crippen LogP) is 1.94. The lowest BCUT2D eigenvalue weighted by molar-refractivity contribution is 0.0935. The van der Waals surface area contributed by atoms with Crippen molar-refractivity contribution in [3.8, 4) is 5.75 Å². The number of fused-ring (bicyclic) bond motifs is 1. The topological polar surface area (TPSA) is 63.2 Å². The molecular formula is C14H13N3O2. The third kappa shape index (κ3) is 2.10. The van der Waals surface area contributed by atoms with Gasteiger partial charge in [-0.1, -0.05) is 12.1 Å². The lowest BCUT2D eigenvalue weighted by Crippen LogP contribution is -2.38. The van der Waals surface area contributed by atoms with Gasteiger partial charge in [0.25, 0.3) is 5.91 Å². The van der Waals surface area contributed by atoms with E-state index in [0.29, 0.717) is 11.4 Å². The van der Waals surface area contributed by atoms with Gasteiger partial charge in [0.2, 0.25) is 0 Å². The van der Waals surface area contributed by atoms with Gasteiger partial charge in [0, 0.05) is 6.20 Å². The summed E-state index contributed by atoms with van der Waals surface area (Å²) in [5.74, 6) is 1.26. The Morgan fingerprint density at radius 2 is 1.95 bits per heavy atom. The zero-order chi connectivity index (χ0) is 13.2. The number of hydrogen-bond donors (Lipinski definition) is 2. The summed E-state index contributed by atoms with van der Waals surface area (Å²) < 4.78 is 5.11. The molecule has 1 aliphatic rings. The number of hydrogen-bond acceptors (Lipinski definition) is 4. The second-order valence-corrected chi connectivity index (χ2v) is 4.22. The van der Waals surface area contributed by atoms with E-state index >= 15 is 0 Å². The molecule has 1 atom stereocenters. The third-order valence-electron chi connectivity index (χ3n) is 3.06. The van der Waals surface area contributed by atoms with Crippen LogP contribution in [-0.2, 0) is 0 Å². The van der Waals surface area contributed by atoms with Crippen molar-refractivity contribution in [2.75, 3.05) is 12.4 Å². The normalized spacial score (nSPS) is 17.1. The maximum Gasteiger partial charge on any atom is 0.256 e. The van der Waals surface area contributed by atoms with Crippen LogP contribution in [0.5, 0.6) is 5.75 Å². The molecule has 5 heteroatoms. The van der Waals surface area contributed by atoms with Crippen molar-refractivity contribution in [3.05, 3.63) is 53.7 Å². The second-order valence-electron chi connectivity index (χ2n) is 4.22. The molecule has 0 radical (unpaired) electrons. The highest BCUT2D eigenvalue weighted by Gasteiger charge is 2.24. The average molecular weight is 255 g/mol. The molecule has 2 N–H and O–H groups in total.